The van der Waals surface area contributed by atoms with Gasteiger partial charge in [0.1, 0.15) is 11.8 Å². The van der Waals surface area contributed by atoms with Gasteiger partial charge in [-0.25, -0.2) is 0 Å². The maximum Gasteiger partial charge on any atom is 0.174 e. The highest BCUT2D eigenvalue weighted by Gasteiger charge is 1.95. The molecule has 0 heterocycles. The van der Waals surface area contributed by atoms with Crippen molar-refractivity contribution in [3.63, 3.8) is 0 Å². The van der Waals surface area contributed by atoms with Crippen LogP contribution in [0.1, 0.15) is 5.56 Å². The molecule has 0 bridgehead atoms. The molecule has 0 aliphatic heterocycles. The summed E-state index contributed by atoms with van der Waals surface area (Å²) >= 11 is 0. The first-order valence-electron chi connectivity index (χ1n) is 3.31. The second kappa shape index (κ2) is 3.62. The van der Waals surface area contributed by atoms with Gasteiger partial charge in [-0.05, 0) is 12.5 Å². The summed E-state index contributed by atoms with van der Waals surface area (Å²) < 4.78 is 5.07. The predicted octanol–water partition coefficient (Wildman–Crippen LogP) is 1.70. The molecular formula is C9H8NO. The van der Waals surface area contributed by atoms with Gasteiger partial charge >= 0.3 is 0 Å². The Labute approximate surface area is 66.0 Å². The van der Waals surface area contributed by atoms with Crippen LogP contribution in [0.5, 0.6) is 5.75 Å². The molecular weight excluding hydrogens is 138 g/mol. The Morgan fingerprint density at radius 3 is 3.18 bits per heavy atom. The summed E-state index contributed by atoms with van der Waals surface area (Å²) in [5, 5.41) is 8.23. The molecule has 2 heteroatoms. The van der Waals surface area contributed by atoms with Crippen LogP contribution in [-0.2, 0) is 0 Å². The lowest BCUT2D eigenvalue weighted by Gasteiger charge is -2.02. The van der Waals surface area contributed by atoms with Gasteiger partial charge < -0.3 is 4.74 Å². The zero-order valence-corrected chi connectivity index (χ0v) is 6.29. The van der Waals surface area contributed by atoms with E-state index in [9.17, 15) is 0 Å². The van der Waals surface area contributed by atoms with Crippen molar-refractivity contribution in [1.29, 1.82) is 5.26 Å². The van der Waals surface area contributed by atoms with Gasteiger partial charge in [0.25, 0.3) is 0 Å². The SMILES string of the molecule is Cc1ccc[c]c1OCC#N. The highest BCUT2D eigenvalue weighted by atomic mass is 16.5. The zero-order chi connectivity index (χ0) is 8.10. The first-order valence-corrected chi connectivity index (χ1v) is 3.31. The number of nitriles is 1. The Balaban J connectivity index is 2.71. The molecule has 11 heavy (non-hydrogen) atoms. The zero-order valence-electron chi connectivity index (χ0n) is 6.29. The minimum absolute atomic E-state index is 0.0847. The van der Waals surface area contributed by atoms with E-state index >= 15 is 0 Å². The molecule has 0 unspecified atom stereocenters. The van der Waals surface area contributed by atoms with Crippen molar-refractivity contribution in [3.8, 4) is 11.8 Å². The van der Waals surface area contributed by atoms with Crippen LogP contribution in [-0.4, -0.2) is 6.61 Å². The average Bonchev–Trinajstić information content (AvgIpc) is 2.03. The Bertz CT molecular complexity index is 275. The number of ether oxygens (including phenoxy) is 1. The molecule has 0 saturated carbocycles. The molecule has 0 fully saturated rings. The van der Waals surface area contributed by atoms with E-state index in [1.807, 2.05) is 25.1 Å². The molecule has 1 aromatic carbocycles. The summed E-state index contributed by atoms with van der Waals surface area (Å²) in [5.41, 5.74) is 1.00. The van der Waals surface area contributed by atoms with Crippen LogP contribution in [0.3, 0.4) is 0 Å². The van der Waals surface area contributed by atoms with E-state index < -0.39 is 0 Å². The van der Waals surface area contributed by atoms with Crippen molar-refractivity contribution in [2.24, 2.45) is 0 Å². The van der Waals surface area contributed by atoms with Crippen molar-refractivity contribution in [2.45, 2.75) is 6.92 Å². The molecule has 0 aromatic heterocycles. The molecule has 0 aliphatic carbocycles. The minimum atomic E-state index is 0.0847. The van der Waals surface area contributed by atoms with Crippen LogP contribution >= 0.6 is 0 Å². The third kappa shape index (κ3) is 1.98. The van der Waals surface area contributed by atoms with Crippen LogP contribution in [0.25, 0.3) is 0 Å². The number of hydrogen-bond donors (Lipinski definition) is 0. The van der Waals surface area contributed by atoms with Crippen LogP contribution in [0.15, 0.2) is 18.2 Å². The average molecular weight is 146 g/mol. The van der Waals surface area contributed by atoms with Gasteiger partial charge in [-0.15, -0.1) is 0 Å². The molecule has 1 aromatic rings. The molecule has 0 aliphatic rings. The molecule has 2 nitrogen and oxygen atoms in total. The Kier molecular flexibility index (Phi) is 2.51. The molecule has 0 N–H and O–H groups in total. The largest absolute Gasteiger partial charge is 0.478 e. The lowest BCUT2D eigenvalue weighted by atomic mass is 10.2. The summed E-state index contributed by atoms with van der Waals surface area (Å²) in [7, 11) is 0. The summed E-state index contributed by atoms with van der Waals surface area (Å²) in [6, 6.07) is 10.4. The van der Waals surface area contributed by atoms with Crippen LogP contribution < -0.4 is 4.74 Å². The topological polar surface area (TPSA) is 33.0 Å². The summed E-state index contributed by atoms with van der Waals surface area (Å²) in [4.78, 5) is 0. The van der Waals surface area contributed by atoms with E-state index in [4.69, 9.17) is 10.00 Å². The minimum Gasteiger partial charge on any atom is -0.478 e. The monoisotopic (exact) mass is 146 g/mol. The summed E-state index contributed by atoms with van der Waals surface area (Å²) in [5.74, 6) is 0.661. The Morgan fingerprint density at radius 1 is 1.73 bits per heavy atom. The molecule has 0 amide bonds. The molecule has 55 valence electrons. The predicted molar refractivity (Wildman–Crippen MR) is 41.1 cm³/mol. The third-order valence-corrected chi connectivity index (χ3v) is 1.30. The number of rotatable bonds is 2. The lowest BCUT2D eigenvalue weighted by Crippen LogP contribution is -1.94. The van der Waals surface area contributed by atoms with Crippen LogP contribution in [0, 0.1) is 24.3 Å². The van der Waals surface area contributed by atoms with Gasteiger partial charge in [0, 0.05) is 6.07 Å². The van der Waals surface area contributed by atoms with E-state index in [1.165, 1.54) is 0 Å². The first-order chi connectivity index (χ1) is 5.34. The first kappa shape index (κ1) is 7.62. The Hall–Kier alpha value is -1.49. The second-order valence-electron chi connectivity index (χ2n) is 2.13. The van der Waals surface area contributed by atoms with Crippen molar-refractivity contribution in [2.75, 3.05) is 6.61 Å². The van der Waals surface area contributed by atoms with Crippen molar-refractivity contribution < 1.29 is 4.74 Å². The van der Waals surface area contributed by atoms with E-state index in [0.717, 1.165) is 5.56 Å². The number of para-hydroxylation sites is 1. The highest BCUT2D eigenvalue weighted by molar-refractivity contribution is 5.30. The van der Waals surface area contributed by atoms with Gasteiger partial charge in [0.05, 0.1) is 0 Å². The number of benzene rings is 1. The van der Waals surface area contributed by atoms with Gasteiger partial charge in [0.2, 0.25) is 0 Å². The van der Waals surface area contributed by atoms with Gasteiger partial charge in [0.15, 0.2) is 6.61 Å². The fourth-order valence-corrected chi connectivity index (χ4v) is 0.766. The quantitative estimate of drug-likeness (QED) is 0.636. The van der Waals surface area contributed by atoms with E-state index in [2.05, 4.69) is 6.07 Å². The molecule has 0 spiro atoms. The number of aryl methyl sites for hydroxylation is 1. The Morgan fingerprint density at radius 2 is 2.55 bits per heavy atom. The number of nitrogens with zero attached hydrogens (tertiary/aromatic N) is 1. The van der Waals surface area contributed by atoms with Crippen LogP contribution in [0.2, 0.25) is 0 Å². The van der Waals surface area contributed by atoms with Gasteiger partial charge in [-0.3, -0.25) is 0 Å². The molecule has 1 rings (SSSR count). The van der Waals surface area contributed by atoms with Crippen molar-refractivity contribution in [1.82, 2.24) is 0 Å². The van der Waals surface area contributed by atoms with Gasteiger partial charge in [-0.1, -0.05) is 18.2 Å². The third-order valence-electron chi connectivity index (χ3n) is 1.30. The fraction of sp³-hybridized carbons (Fsp3) is 0.222. The van der Waals surface area contributed by atoms with Crippen molar-refractivity contribution >= 4 is 0 Å². The van der Waals surface area contributed by atoms with Crippen LogP contribution in [0.4, 0.5) is 0 Å². The fourth-order valence-electron chi connectivity index (χ4n) is 0.766. The molecule has 1 radical (unpaired) electrons. The smallest absolute Gasteiger partial charge is 0.174 e. The highest BCUT2D eigenvalue weighted by Crippen LogP contribution is 2.14. The van der Waals surface area contributed by atoms with Crippen molar-refractivity contribution in [3.05, 3.63) is 29.8 Å². The van der Waals surface area contributed by atoms with E-state index in [-0.39, 0.29) is 6.61 Å². The maximum absolute atomic E-state index is 8.23. The second-order valence-corrected chi connectivity index (χ2v) is 2.13. The maximum atomic E-state index is 8.23. The lowest BCUT2D eigenvalue weighted by molar-refractivity contribution is 0.365. The standard InChI is InChI=1S/C9H8NO/c1-8-4-2-3-5-9(8)11-7-6-10/h2-4H,7H2,1H3. The summed E-state index contributed by atoms with van der Waals surface area (Å²) in [6.07, 6.45) is 0. The number of hydrogen-bond acceptors (Lipinski definition) is 2. The summed E-state index contributed by atoms with van der Waals surface area (Å²) in [6.45, 7) is 2.00. The molecule has 0 saturated heterocycles. The van der Waals surface area contributed by atoms with E-state index in [1.54, 1.807) is 6.07 Å². The normalized spacial score (nSPS) is 8.73. The van der Waals surface area contributed by atoms with E-state index in [0.29, 0.717) is 5.75 Å². The van der Waals surface area contributed by atoms with Gasteiger partial charge in [-0.2, -0.15) is 5.26 Å². The molecule has 0 atom stereocenters.